The second-order valence-electron chi connectivity index (χ2n) is 6.56. The van der Waals surface area contributed by atoms with Crippen molar-refractivity contribution in [2.75, 3.05) is 13.7 Å². The predicted molar refractivity (Wildman–Crippen MR) is 104 cm³/mol. The van der Waals surface area contributed by atoms with Crippen molar-refractivity contribution in [3.63, 3.8) is 0 Å². The molecule has 3 rings (SSSR count). The molecule has 142 valence electrons. The number of benzene rings is 2. The summed E-state index contributed by atoms with van der Waals surface area (Å²) in [5, 5.41) is 10.1. The summed E-state index contributed by atoms with van der Waals surface area (Å²) in [6, 6.07) is 18.4. The molecule has 0 spiro atoms. The van der Waals surface area contributed by atoms with E-state index in [1.54, 1.807) is 44.4 Å². The molecule has 2 atom stereocenters. The van der Waals surface area contributed by atoms with Crippen molar-refractivity contribution < 1.29 is 19.1 Å². The predicted octanol–water partition coefficient (Wildman–Crippen LogP) is 3.91. The Balaban J connectivity index is 2.16. The first-order chi connectivity index (χ1) is 13.6. The molecule has 28 heavy (non-hydrogen) atoms. The lowest BCUT2D eigenvalue weighted by molar-refractivity contribution is -0.150. The number of nitriles is 1. The molecule has 0 amide bonds. The Kier molecular flexibility index (Phi) is 5.60. The summed E-state index contributed by atoms with van der Waals surface area (Å²) >= 11 is 0. The van der Waals surface area contributed by atoms with Gasteiger partial charge in [0, 0.05) is 17.9 Å². The Morgan fingerprint density at radius 1 is 1.21 bits per heavy atom. The Bertz CT molecular complexity index is 941. The van der Waals surface area contributed by atoms with Crippen LogP contribution in [-0.4, -0.2) is 25.5 Å². The number of hydrogen-bond acceptors (Lipinski definition) is 5. The van der Waals surface area contributed by atoms with Crippen LogP contribution in [0.2, 0.25) is 0 Å². The molecule has 1 fully saturated rings. The first-order valence-electron chi connectivity index (χ1n) is 9.09. The fourth-order valence-electron chi connectivity index (χ4n) is 3.65. The fraction of sp³-hybridized carbons (Fsp3) is 0.261. The minimum Gasteiger partial charge on any atom is -0.497 e. The van der Waals surface area contributed by atoms with Gasteiger partial charge in [-0.05, 0) is 36.3 Å². The molecule has 2 aromatic carbocycles. The van der Waals surface area contributed by atoms with Crippen LogP contribution in [0.15, 0.2) is 60.2 Å². The van der Waals surface area contributed by atoms with Crippen LogP contribution in [0.5, 0.6) is 5.75 Å². The van der Waals surface area contributed by atoms with E-state index in [4.69, 9.17) is 9.47 Å². The number of rotatable bonds is 5. The summed E-state index contributed by atoms with van der Waals surface area (Å²) in [5.41, 5.74) is -0.0215. The van der Waals surface area contributed by atoms with E-state index in [2.05, 4.69) is 6.07 Å². The summed E-state index contributed by atoms with van der Waals surface area (Å²) in [5.74, 6) is -0.815. The van der Waals surface area contributed by atoms with Gasteiger partial charge in [0.1, 0.15) is 5.75 Å². The zero-order valence-electron chi connectivity index (χ0n) is 15.8. The van der Waals surface area contributed by atoms with E-state index in [1.165, 1.54) is 0 Å². The maximum Gasteiger partial charge on any atom is 0.331 e. The molecule has 0 bridgehead atoms. The first kappa shape index (κ1) is 19.4. The van der Waals surface area contributed by atoms with Gasteiger partial charge in [-0.15, -0.1) is 0 Å². The van der Waals surface area contributed by atoms with Crippen LogP contribution in [0.4, 0.5) is 0 Å². The van der Waals surface area contributed by atoms with E-state index in [-0.39, 0.29) is 24.4 Å². The van der Waals surface area contributed by atoms with Crippen LogP contribution in [0.25, 0.3) is 6.08 Å². The average Bonchev–Trinajstić information content (AvgIpc) is 3.02. The molecule has 5 nitrogen and oxygen atoms in total. The van der Waals surface area contributed by atoms with Gasteiger partial charge in [-0.2, -0.15) is 5.26 Å². The number of Topliss-reactive ketones (excluding diaryl/α,β-unsaturated/α-hetero) is 1. The van der Waals surface area contributed by atoms with Crippen molar-refractivity contribution in [1.29, 1.82) is 5.26 Å². The van der Waals surface area contributed by atoms with E-state index < -0.39 is 17.3 Å². The molecule has 1 aliphatic rings. The highest BCUT2D eigenvalue weighted by atomic mass is 16.5. The normalized spacial score (nSPS) is 22.7. The molecule has 0 saturated heterocycles. The molecule has 1 aliphatic carbocycles. The average molecular weight is 375 g/mol. The van der Waals surface area contributed by atoms with Crippen molar-refractivity contribution in [1.82, 2.24) is 0 Å². The number of carbonyl (C=O) groups excluding carboxylic acids is 2. The Labute approximate surface area is 164 Å². The van der Waals surface area contributed by atoms with Crippen LogP contribution in [0, 0.1) is 16.7 Å². The number of ketones is 1. The topological polar surface area (TPSA) is 76.4 Å². The van der Waals surface area contributed by atoms with Crippen molar-refractivity contribution in [3.05, 3.63) is 71.3 Å². The molecular weight excluding hydrogens is 354 g/mol. The van der Waals surface area contributed by atoms with Gasteiger partial charge in [0.15, 0.2) is 11.2 Å². The van der Waals surface area contributed by atoms with Crippen molar-refractivity contribution in [3.8, 4) is 11.8 Å². The first-order valence-corrected chi connectivity index (χ1v) is 9.09. The highest BCUT2D eigenvalue weighted by Gasteiger charge is 2.58. The fourth-order valence-corrected chi connectivity index (χ4v) is 3.65. The van der Waals surface area contributed by atoms with Gasteiger partial charge >= 0.3 is 5.97 Å². The molecule has 0 aliphatic heterocycles. The standard InChI is InChI=1S/C23H21NO4/c1-3-28-22(26)23(15-24)19(17-7-5-4-6-8-17)14-21(25)20(23)13-16-9-11-18(27-2)12-10-16/h4-13,19H,3,14H2,1-2H3/b20-13-. The van der Waals surface area contributed by atoms with Crippen LogP contribution >= 0.6 is 0 Å². The summed E-state index contributed by atoms with van der Waals surface area (Å²) in [6.07, 6.45) is 1.70. The number of ether oxygens (including phenoxy) is 2. The lowest BCUT2D eigenvalue weighted by Gasteiger charge is -2.27. The Hall–Kier alpha value is -3.39. The number of methoxy groups -OCH3 is 1. The Morgan fingerprint density at radius 2 is 1.89 bits per heavy atom. The third-order valence-electron chi connectivity index (χ3n) is 5.04. The monoisotopic (exact) mass is 375 g/mol. The van der Waals surface area contributed by atoms with Gasteiger partial charge in [-0.3, -0.25) is 4.79 Å². The maximum absolute atomic E-state index is 13.0. The zero-order valence-corrected chi connectivity index (χ0v) is 15.8. The van der Waals surface area contributed by atoms with E-state index in [1.807, 2.05) is 30.3 Å². The van der Waals surface area contributed by atoms with E-state index >= 15 is 0 Å². The van der Waals surface area contributed by atoms with Gasteiger partial charge in [-0.25, -0.2) is 4.79 Å². The van der Waals surface area contributed by atoms with E-state index in [9.17, 15) is 14.9 Å². The lowest BCUT2D eigenvalue weighted by Crippen LogP contribution is -2.36. The van der Waals surface area contributed by atoms with Gasteiger partial charge < -0.3 is 9.47 Å². The van der Waals surface area contributed by atoms with Crippen LogP contribution < -0.4 is 4.74 Å². The lowest BCUT2D eigenvalue weighted by atomic mass is 9.73. The molecule has 0 aromatic heterocycles. The molecule has 0 radical (unpaired) electrons. The van der Waals surface area contributed by atoms with Gasteiger partial charge in [0.2, 0.25) is 0 Å². The van der Waals surface area contributed by atoms with Gasteiger partial charge in [-0.1, -0.05) is 42.5 Å². The maximum atomic E-state index is 13.0. The van der Waals surface area contributed by atoms with Crippen molar-refractivity contribution in [2.45, 2.75) is 19.3 Å². The number of esters is 1. The third-order valence-corrected chi connectivity index (χ3v) is 5.04. The number of nitrogens with zero attached hydrogens (tertiary/aromatic N) is 1. The second-order valence-corrected chi connectivity index (χ2v) is 6.56. The number of hydrogen-bond donors (Lipinski definition) is 0. The minimum atomic E-state index is -1.67. The van der Waals surface area contributed by atoms with Gasteiger partial charge in [0.25, 0.3) is 0 Å². The molecular formula is C23H21NO4. The second kappa shape index (κ2) is 8.10. The third kappa shape index (κ3) is 3.29. The number of carbonyl (C=O) groups is 2. The molecule has 2 unspecified atom stereocenters. The largest absolute Gasteiger partial charge is 0.497 e. The molecule has 0 heterocycles. The van der Waals surface area contributed by atoms with Crippen LogP contribution in [0.1, 0.15) is 30.4 Å². The minimum absolute atomic E-state index is 0.0817. The molecule has 2 aromatic rings. The van der Waals surface area contributed by atoms with Gasteiger partial charge in [0.05, 0.1) is 19.8 Å². The van der Waals surface area contributed by atoms with E-state index in [0.717, 1.165) is 5.56 Å². The molecule has 1 saturated carbocycles. The molecule has 0 N–H and O–H groups in total. The quantitative estimate of drug-likeness (QED) is 0.585. The molecule has 5 heteroatoms. The zero-order chi connectivity index (χ0) is 20.1. The smallest absolute Gasteiger partial charge is 0.331 e. The summed E-state index contributed by atoms with van der Waals surface area (Å²) in [4.78, 5) is 25.9. The summed E-state index contributed by atoms with van der Waals surface area (Å²) in [6.45, 7) is 1.82. The van der Waals surface area contributed by atoms with E-state index in [0.29, 0.717) is 11.3 Å². The summed E-state index contributed by atoms with van der Waals surface area (Å²) in [7, 11) is 1.57. The van der Waals surface area contributed by atoms with Crippen molar-refractivity contribution in [2.24, 2.45) is 5.41 Å². The highest BCUT2D eigenvalue weighted by Crippen LogP contribution is 2.52. The summed E-state index contributed by atoms with van der Waals surface area (Å²) < 4.78 is 10.4. The Morgan fingerprint density at radius 3 is 2.46 bits per heavy atom. The van der Waals surface area contributed by atoms with Crippen LogP contribution in [-0.2, 0) is 14.3 Å². The van der Waals surface area contributed by atoms with Crippen molar-refractivity contribution >= 4 is 17.8 Å². The highest BCUT2D eigenvalue weighted by molar-refractivity contribution is 6.12. The SMILES string of the molecule is CCOC(=O)C1(C#N)/C(=C\c2ccc(OC)cc2)C(=O)CC1c1ccccc1. The van der Waals surface area contributed by atoms with Crippen LogP contribution in [0.3, 0.4) is 0 Å².